The Morgan fingerprint density at radius 2 is 1.86 bits per heavy atom. The summed E-state index contributed by atoms with van der Waals surface area (Å²) in [5, 5.41) is 14.9. The number of aliphatic carboxylic acids is 1. The lowest BCUT2D eigenvalue weighted by atomic mass is 9.91. The molecule has 0 fully saturated rings. The Kier molecular flexibility index (Phi) is 7.95. The number of halogens is 2. The molecule has 0 bridgehead atoms. The molecule has 9 nitrogen and oxygen atoms in total. The van der Waals surface area contributed by atoms with Gasteiger partial charge in [0, 0.05) is 42.0 Å². The van der Waals surface area contributed by atoms with Crippen molar-refractivity contribution in [3.63, 3.8) is 0 Å². The molecule has 1 N–H and O–H groups in total. The van der Waals surface area contributed by atoms with Gasteiger partial charge in [-0.25, -0.2) is 23.1 Å². The lowest BCUT2D eigenvalue weighted by molar-refractivity contribution is -0.160. The van der Waals surface area contributed by atoms with Crippen molar-refractivity contribution in [2.45, 2.75) is 65.7 Å². The summed E-state index contributed by atoms with van der Waals surface area (Å²) in [4.78, 5) is 32.2. The standard InChI is InChI=1S/C32H34F2N4O5/c1-17-21-8-7-13-42-28(21)23(34)14-22(17)27-26(29(31(40)41)43-32(3,4)5)18(2)35-25-15-24(36-38(25)27)30(39)37(6)16-19-9-11-20(33)12-10-19/h9-12,14-15,29H,7-8,13,16H2,1-6H3,(H,40,41)/t29-/m0/s1. The van der Waals surface area contributed by atoms with E-state index in [4.69, 9.17) is 9.47 Å². The summed E-state index contributed by atoms with van der Waals surface area (Å²) in [6.45, 7) is 9.33. The molecule has 2 aromatic heterocycles. The topological polar surface area (TPSA) is 106 Å². The Morgan fingerprint density at radius 1 is 1.16 bits per heavy atom. The van der Waals surface area contributed by atoms with E-state index >= 15 is 4.39 Å². The number of carbonyl (C=O) groups excluding carboxylic acids is 1. The number of carboxylic acids is 1. The van der Waals surface area contributed by atoms with Crippen LogP contribution in [0.15, 0.2) is 36.4 Å². The van der Waals surface area contributed by atoms with E-state index in [9.17, 15) is 19.1 Å². The highest BCUT2D eigenvalue weighted by atomic mass is 19.1. The third-order valence-corrected chi connectivity index (χ3v) is 7.38. The van der Waals surface area contributed by atoms with Gasteiger partial charge in [0.25, 0.3) is 5.91 Å². The van der Waals surface area contributed by atoms with Gasteiger partial charge in [0.2, 0.25) is 0 Å². The van der Waals surface area contributed by atoms with Crippen LogP contribution in [0.1, 0.15) is 71.7 Å². The van der Waals surface area contributed by atoms with E-state index in [1.807, 2.05) is 6.92 Å². The second kappa shape index (κ2) is 11.4. The Balaban J connectivity index is 1.72. The Bertz CT molecular complexity index is 1730. The van der Waals surface area contributed by atoms with Crippen LogP contribution in [-0.2, 0) is 22.5 Å². The summed E-state index contributed by atoms with van der Waals surface area (Å²) in [6, 6.07) is 8.66. The minimum absolute atomic E-state index is 0.0537. The van der Waals surface area contributed by atoms with Crippen molar-refractivity contribution in [3.8, 4) is 17.0 Å². The van der Waals surface area contributed by atoms with Crippen LogP contribution in [0.2, 0.25) is 0 Å². The zero-order valence-electron chi connectivity index (χ0n) is 25.0. The van der Waals surface area contributed by atoms with Crippen molar-refractivity contribution < 1.29 is 33.0 Å². The molecular formula is C32H34F2N4O5. The van der Waals surface area contributed by atoms with Gasteiger partial charge >= 0.3 is 5.97 Å². The Labute approximate surface area is 248 Å². The van der Waals surface area contributed by atoms with Crippen molar-refractivity contribution in [2.24, 2.45) is 0 Å². The van der Waals surface area contributed by atoms with Crippen molar-refractivity contribution in [1.29, 1.82) is 0 Å². The minimum atomic E-state index is -1.47. The monoisotopic (exact) mass is 592 g/mol. The maximum absolute atomic E-state index is 15.5. The number of amides is 1. The largest absolute Gasteiger partial charge is 0.490 e. The third kappa shape index (κ3) is 5.94. The van der Waals surface area contributed by atoms with Gasteiger partial charge in [-0.05, 0) is 76.8 Å². The first-order chi connectivity index (χ1) is 20.2. The molecule has 43 heavy (non-hydrogen) atoms. The minimum Gasteiger partial charge on any atom is -0.490 e. The fraction of sp³-hybridized carbons (Fsp3) is 0.375. The number of benzene rings is 2. The summed E-state index contributed by atoms with van der Waals surface area (Å²) in [7, 11) is 1.60. The second-order valence-electron chi connectivity index (χ2n) is 11.8. The molecule has 0 spiro atoms. The molecule has 1 aliphatic heterocycles. The molecule has 1 aliphatic rings. The van der Waals surface area contributed by atoms with Crippen molar-refractivity contribution in [1.82, 2.24) is 19.5 Å². The van der Waals surface area contributed by atoms with Crippen LogP contribution >= 0.6 is 0 Å². The fourth-order valence-corrected chi connectivity index (χ4v) is 5.43. The number of carbonyl (C=O) groups is 2. The lowest BCUT2D eigenvalue weighted by Crippen LogP contribution is -2.29. The van der Waals surface area contributed by atoms with Crippen molar-refractivity contribution >= 4 is 17.5 Å². The molecule has 11 heteroatoms. The molecule has 0 radical (unpaired) electrons. The molecule has 2 aromatic carbocycles. The molecule has 5 rings (SSSR count). The maximum Gasteiger partial charge on any atom is 0.337 e. The summed E-state index contributed by atoms with van der Waals surface area (Å²) < 4.78 is 42.0. The normalized spacial score (nSPS) is 13.9. The van der Waals surface area contributed by atoms with Gasteiger partial charge in [0.1, 0.15) is 5.82 Å². The van der Waals surface area contributed by atoms with Gasteiger partial charge in [-0.1, -0.05) is 12.1 Å². The highest BCUT2D eigenvalue weighted by molar-refractivity contribution is 5.93. The average Bonchev–Trinajstić information content (AvgIpc) is 3.37. The molecule has 4 aromatic rings. The molecule has 0 aliphatic carbocycles. The summed E-state index contributed by atoms with van der Waals surface area (Å²) in [5.41, 5.74) is 2.83. The molecule has 226 valence electrons. The smallest absolute Gasteiger partial charge is 0.337 e. The predicted octanol–water partition coefficient (Wildman–Crippen LogP) is 5.83. The van der Waals surface area contributed by atoms with Crippen LogP contribution in [0.5, 0.6) is 5.75 Å². The van der Waals surface area contributed by atoms with E-state index in [-0.39, 0.29) is 40.7 Å². The summed E-state index contributed by atoms with van der Waals surface area (Å²) >= 11 is 0. The number of hydrogen-bond donors (Lipinski definition) is 1. The van der Waals surface area contributed by atoms with Crippen molar-refractivity contribution in [2.75, 3.05) is 13.7 Å². The maximum atomic E-state index is 15.5. The molecular weight excluding hydrogens is 558 g/mol. The number of carboxylic acid groups (broad SMARTS) is 1. The van der Waals surface area contributed by atoms with Crippen LogP contribution < -0.4 is 4.74 Å². The zero-order chi connectivity index (χ0) is 31.2. The van der Waals surface area contributed by atoms with Crippen LogP contribution in [-0.4, -0.2) is 55.7 Å². The van der Waals surface area contributed by atoms with Gasteiger partial charge in [-0.3, -0.25) is 4.79 Å². The van der Waals surface area contributed by atoms with Gasteiger partial charge in [0.05, 0.1) is 17.9 Å². The number of hydrogen-bond acceptors (Lipinski definition) is 6. The average molecular weight is 593 g/mol. The number of rotatable bonds is 7. The highest BCUT2D eigenvalue weighted by Gasteiger charge is 2.35. The molecule has 3 heterocycles. The SMILES string of the molecule is Cc1nc2cc(C(=O)N(C)Cc3ccc(F)cc3)nn2c(-c2cc(F)c3c(c2C)CCCO3)c1[C@H](OC(C)(C)C)C(=O)O. The molecule has 0 saturated heterocycles. The van der Waals surface area contributed by atoms with E-state index in [1.165, 1.54) is 33.7 Å². The number of aryl methyl sites for hydroxylation is 1. The molecule has 1 amide bonds. The molecule has 0 saturated carbocycles. The second-order valence-corrected chi connectivity index (χ2v) is 11.8. The van der Waals surface area contributed by atoms with Crippen LogP contribution in [0.4, 0.5) is 8.78 Å². The van der Waals surface area contributed by atoms with Crippen LogP contribution in [0.3, 0.4) is 0 Å². The summed E-state index contributed by atoms with van der Waals surface area (Å²) in [5.74, 6) is -2.44. The Hall–Kier alpha value is -4.38. The molecule has 1 atom stereocenters. The van der Waals surface area contributed by atoms with E-state index < -0.39 is 29.4 Å². The van der Waals surface area contributed by atoms with Gasteiger partial charge < -0.3 is 19.5 Å². The van der Waals surface area contributed by atoms with E-state index in [0.717, 1.165) is 5.56 Å². The summed E-state index contributed by atoms with van der Waals surface area (Å²) in [6.07, 6.45) is -0.169. The number of ether oxygens (including phenoxy) is 2. The Morgan fingerprint density at radius 3 is 2.51 bits per heavy atom. The fourth-order valence-electron chi connectivity index (χ4n) is 5.43. The highest BCUT2D eigenvalue weighted by Crippen LogP contribution is 2.41. The number of nitrogens with zero attached hydrogens (tertiary/aromatic N) is 4. The first kappa shape index (κ1) is 30.1. The van der Waals surface area contributed by atoms with Gasteiger partial charge in [-0.2, -0.15) is 5.10 Å². The van der Waals surface area contributed by atoms with Crippen LogP contribution in [0, 0.1) is 25.5 Å². The first-order valence-corrected chi connectivity index (χ1v) is 14.0. The quantitative estimate of drug-likeness (QED) is 0.288. The van der Waals surface area contributed by atoms with Crippen LogP contribution in [0.25, 0.3) is 16.9 Å². The van der Waals surface area contributed by atoms with E-state index in [0.29, 0.717) is 41.8 Å². The lowest BCUT2D eigenvalue weighted by Gasteiger charge is -2.28. The zero-order valence-corrected chi connectivity index (χ0v) is 25.0. The number of aromatic nitrogens is 3. The van der Waals surface area contributed by atoms with Gasteiger partial charge in [0.15, 0.2) is 29.0 Å². The number of fused-ring (bicyclic) bond motifs is 2. The third-order valence-electron chi connectivity index (χ3n) is 7.38. The van der Waals surface area contributed by atoms with Gasteiger partial charge in [-0.15, -0.1) is 0 Å². The first-order valence-electron chi connectivity index (χ1n) is 14.0. The van der Waals surface area contributed by atoms with Crippen molar-refractivity contribution in [3.05, 3.63) is 81.7 Å². The van der Waals surface area contributed by atoms with E-state index in [2.05, 4.69) is 10.1 Å². The van der Waals surface area contributed by atoms with E-state index in [1.54, 1.807) is 46.9 Å². The predicted molar refractivity (Wildman–Crippen MR) is 155 cm³/mol. The molecule has 0 unspecified atom stereocenters.